The number of likely N-dealkylation sites (tertiary alicyclic amines) is 1. The maximum absolute atomic E-state index is 13.7. The molecule has 4 atom stereocenters. The molecule has 8 heteroatoms. The number of rotatable bonds is 4. The highest BCUT2D eigenvalue weighted by atomic mass is 79.9. The highest BCUT2D eigenvalue weighted by Gasteiger charge is 2.69. The van der Waals surface area contributed by atoms with Crippen molar-refractivity contribution in [1.29, 1.82) is 0 Å². The standard InChI is InChI=1S/C24H31BrN2O5/c1-23(2,3)27-20(29)17-18(21(27)30)24(22(31)32,12-13-7-5-4-6-8-13)26-19(17)15-11-14(25)9-10-16(15)28/h9-11,13,17-19,26,28H,4-8,12H2,1-3H3,(H,31,32). The van der Waals surface area contributed by atoms with Crippen molar-refractivity contribution in [1.82, 2.24) is 10.2 Å². The summed E-state index contributed by atoms with van der Waals surface area (Å²) in [5, 5.41) is 24.3. The van der Waals surface area contributed by atoms with E-state index >= 15 is 0 Å². The van der Waals surface area contributed by atoms with Gasteiger partial charge in [0.25, 0.3) is 0 Å². The van der Waals surface area contributed by atoms with Crippen LogP contribution < -0.4 is 5.32 Å². The third kappa shape index (κ3) is 3.65. The fourth-order valence-electron chi connectivity index (χ4n) is 6.02. The smallest absolute Gasteiger partial charge is 0.324 e. The molecular weight excluding hydrogens is 476 g/mol. The van der Waals surface area contributed by atoms with Crippen LogP contribution in [0.5, 0.6) is 5.75 Å². The van der Waals surface area contributed by atoms with Crippen LogP contribution in [0.2, 0.25) is 0 Å². The second kappa shape index (κ2) is 8.13. The average Bonchev–Trinajstić information content (AvgIpc) is 3.19. The number of nitrogens with one attached hydrogen (secondary N) is 1. The molecule has 1 aromatic rings. The number of aromatic hydroxyl groups is 1. The van der Waals surface area contributed by atoms with Gasteiger partial charge in [0, 0.05) is 21.6 Å². The molecule has 4 rings (SSSR count). The summed E-state index contributed by atoms with van der Waals surface area (Å²) in [6.07, 6.45) is 5.38. The maximum atomic E-state index is 13.7. The van der Waals surface area contributed by atoms with Crippen molar-refractivity contribution in [3.63, 3.8) is 0 Å². The Labute approximate surface area is 196 Å². The summed E-state index contributed by atoms with van der Waals surface area (Å²) in [4.78, 5) is 41.4. The van der Waals surface area contributed by atoms with Crippen LogP contribution >= 0.6 is 15.9 Å². The zero-order valence-corrected chi connectivity index (χ0v) is 20.3. The van der Waals surface area contributed by atoms with Crippen LogP contribution in [0.1, 0.15) is 70.9 Å². The minimum absolute atomic E-state index is 0.0298. The molecule has 174 valence electrons. The van der Waals surface area contributed by atoms with Crippen LogP contribution in [0.4, 0.5) is 0 Å². The molecule has 2 heterocycles. The van der Waals surface area contributed by atoms with Gasteiger partial charge in [-0.25, -0.2) is 0 Å². The lowest BCUT2D eigenvalue weighted by molar-refractivity contribution is -0.154. The van der Waals surface area contributed by atoms with Gasteiger partial charge in [0.2, 0.25) is 11.8 Å². The summed E-state index contributed by atoms with van der Waals surface area (Å²) in [6, 6.07) is 4.11. The zero-order valence-electron chi connectivity index (χ0n) is 18.7. The number of amides is 2. The number of nitrogens with zero attached hydrogens (tertiary/aromatic N) is 1. The second-order valence-corrected chi connectivity index (χ2v) is 11.4. The van der Waals surface area contributed by atoms with Gasteiger partial charge in [0.1, 0.15) is 11.3 Å². The van der Waals surface area contributed by atoms with E-state index in [1.54, 1.807) is 32.9 Å². The molecule has 1 saturated carbocycles. The number of hydrogen-bond acceptors (Lipinski definition) is 5. The average molecular weight is 507 g/mol. The SMILES string of the molecule is CC(C)(C)N1C(=O)C2C(c3cc(Br)ccc3O)NC(CC3CCCCC3)(C(=O)O)C2C1=O. The Hall–Kier alpha value is -1.93. The monoisotopic (exact) mass is 506 g/mol. The van der Waals surface area contributed by atoms with Gasteiger partial charge in [-0.2, -0.15) is 0 Å². The first-order chi connectivity index (χ1) is 15.0. The minimum Gasteiger partial charge on any atom is -0.508 e. The quantitative estimate of drug-likeness (QED) is 0.532. The van der Waals surface area contributed by atoms with E-state index in [1.807, 2.05) is 0 Å². The summed E-state index contributed by atoms with van der Waals surface area (Å²) >= 11 is 3.41. The number of phenols is 1. The number of phenolic OH excluding ortho intramolecular Hbond substituents is 1. The van der Waals surface area contributed by atoms with E-state index < -0.39 is 40.8 Å². The van der Waals surface area contributed by atoms with Crippen LogP contribution in [0.15, 0.2) is 22.7 Å². The van der Waals surface area contributed by atoms with E-state index in [-0.39, 0.29) is 17.6 Å². The third-order valence-corrected chi connectivity index (χ3v) is 7.86. The Bertz CT molecular complexity index is 952. The Morgan fingerprint density at radius 1 is 1.19 bits per heavy atom. The van der Waals surface area contributed by atoms with Crippen LogP contribution in [0.3, 0.4) is 0 Å². The number of imide groups is 1. The number of aliphatic carboxylic acids is 1. The fraction of sp³-hybridized carbons (Fsp3) is 0.625. The Kier molecular flexibility index (Phi) is 5.91. The van der Waals surface area contributed by atoms with Crippen molar-refractivity contribution in [3.8, 4) is 5.75 Å². The summed E-state index contributed by atoms with van der Waals surface area (Å²) < 4.78 is 0.702. The van der Waals surface area contributed by atoms with Crippen molar-refractivity contribution in [2.75, 3.05) is 0 Å². The van der Waals surface area contributed by atoms with Crippen LogP contribution in [0.25, 0.3) is 0 Å². The third-order valence-electron chi connectivity index (χ3n) is 7.37. The lowest BCUT2D eigenvalue weighted by atomic mass is 9.72. The molecule has 2 aliphatic heterocycles. The van der Waals surface area contributed by atoms with Gasteiger partial charge in [0.15, 0.2) is 0 Å². The van der Waals surface area contributed by atoms with Gasteiger partial charge in [-0.05, 0) is 51.3 Å². The van der Waals surface area contributed by atoms with Crippen molar-refractivity contribution in [2.24, 2.45) is 17.8 Å². The summed E-state index contributed by atoms with van der Waals surface area (Å²) in [6.45, 7) is 5.35. The number of carbonyl (C=O) groups is 3. The van der Waals surface area contributed by atoms with Crippen LogP contribution in [-0.2, 0) is 14.4 Å². The number of carboxylic acid groups (broad SMARTS) is 1. The van der Waals surface area contributed by atoms with E-state index in [9.17, 15) is 24.6 Å². The van der Waals surface area contributed by atoms with E-state index in [0.29, 0.717) is 16.5 Å². The van der Waals surface area contributed by atoms with E-state index in [1.165, 1.54) is 11.0 Å². The predicted octanol–water partition coefficient (Wildman–Crippen LogP) is 3.99. The predicted molar refractivity (Wildman–Crippen MR) is 122 cm³/mol. The molecule has 32 heavy (non-hydrogen) atoms. The van der Waals surface area contributed by atoms with Crippen molar-refractivity contribution in [2.45, 2.75) is 76.4 Å². The topological polar surface area (TPSA) is 107 Å². The molecule has 1 aromatic carbocycles. The highest BCUT2D eigenvalue weighted by molar-refractivity contribution is 9.10. The first kappa shape index (κ1) is 23.2. The van der Waals surface area contributed by atoms with Crippen LogP contribution in [-0.4, -0.2) is 44.0 Å². The second-order valence-electron chi connectivity index (χ2n) is 10.5. The number of hydrogen-bond donors (Lipinski definition) is 3. The molecule has 0 bridgehead atoms. The molecule has 0 aromatic heterocycles. The Balaban J connectivity index is 1.85. The van der Waals surface area contributed by atoms with Crippen molar-refractivity contribution in [3.05, 3.63) is 28.2 Å². The molecule has 0 spiro atoms. The molecule has 1 aliphatic carbocycles. The van der Waals surface area contributed by atoms with E-state index in [2.05, 4.69) is 21.2 Å². The maximum Gasteiger partial charge on any atom is 0.324 e. The van der Waals surface area contributed by atoms with Gasteiger partial charge in [0.05, 0.1) is 11.8 Å². The van der Waals surface area contributed by atoms with Gasteiger partial charge >= 0.3 is 5.97 Å². The number of halogens is 1. The first-order valence-electron chi connectivity index (χ1n) is 11.3. The molecular formula is C24H31BrN2O5. The van der Waals surface area contributed by atoms with E-state index in [0.717, 1.165) is 32.1 Å². The number of carbonyl (C=O) groups excluding carboxylic acids is 2. The Morgan fingerprint density at radius 2 is 1.84 bits per heavy atom. The van der Waals surface area contributed by atoms with Crippen molar-refractivity contribution >= 4 is 33.7 Å². The molecule has 3 aliphatic rings. The zero-order chi connectivity index (χ0) is 23.4. The highest BCUT2D eigenvalue weighted by Crippen LogP contribution is 2.54. The summed E-state index contributed by atoms with van der Waals surface area (Å²) in [5.74, 6) is -3.68. The largest absolute Gasteiger partial charge is 0.508 e. The van der Waals surface area contributed by atoms with Gasteiger partial charge in [-0.3, -0.25) is 24.6 Å². The summed E-state index contributed by atoms with van der Waals surface area (Å²) in [7, 11) is 0. The van der Waals surface area contributed by atoms with Gasteiger partial charge in [-0.15, -0.1) is 0 Å². The van der Waals surface area contributed by atoms with E-state index in [4.69, 9.17) is 0 Å². The lowest BCUT2D eigenvalue weighted by Crippen LogP contribution is -2.58. The summed E-state index contributed by atoms with van der Waals surface area (Å²) in [5.41, 5.74) is -1.89. The number of fused-ring (bicyclic) bond motifs is 1. The molecule has 2 saturated heterocycles. The molecule has 3 fully saturated rings. The number of carboxylic acids is 1. The molecule has 4 unspecified atom stereocenters. The van der Waals surface area contributed by atoms with Crippen LogP contribution in [0, 0.1) is 17.8 Å². The number of benzene rings is 1. The molecule has 3 N–H and O–H groups in total. The Morgan fingerprint density at radius 3 is 2.44 bits per heavy atom. The molecule has 7 nitrogen and oxygen atoms in total. The lowest BCUT2D eigenvalue weighted by Gasteiger charge is -2.37. The first-order valence-corrected chi connectivity index (χ1v) is 12.1. The molecule has 0 radical (unpaired) electrons. The van der Waals surface area contributed by atoms with Gasteiger partial charge < -0.3 is 10.2 Å². The molecule has 2 amide bonds. The van der Waals surface area contributed by atoms with Crippen molar-refractivity contribution < 1.29 is 24.6 Å². The normalized spacial score (nSPS) is 31.2. The van der Waals surface area contributed by atoms with Gasteiger partial charge in [-0.1, -0.05) is 48.0 Å². The minimum atomic E-state index is -1.56. The fourth-order valence-corrected chi connectivity index (χ4v) is 6.40.